The molecule has 0 fully saturated rings. The maximum Gasteiger partial charge on any atom is 0.255 e. The molecule has 0 aromatic heterocycles. The maximum absolute atomic E-state index is 12.9. The van der Waals surface area contributed by atoms with Gasteiger partial charge in [0.15, 0.2) is 11.5 Å². The first-order chi connectivity index (χ1) is 17.2. The largest absolute Gasteiger partial charge is 0.493 e. The number of hydrogen-bond donors (Lipinski definition) is 1. The first kappa shape index (κ1) is 23.7. The quantitative estimate of drug-likeness (QED) is 0.279. The van der Waals surface area contributed by atoms with E-state index in [0.29, 0.717) is 40.9 Å². The molecule has 0 aliphatic heterocycles. The van der Waals surface area contributed by atoms with Gasteiger partial charge in [-0.15, -0.1) is 0 Å². The molecule has 6 nitrogen and oxygen atoms in total. The SMILES string of the molecule is CCOc1ccc(C(=O)Nc2ccc(Oc3ccccc3)cc2)cc1COc1ccccc1OC. The van der Waals surface area contributed by atoms with Crippen molar-refractivity contribution in [2.45, 2.75) is 13.5 Å². The lowest BCUT2D eigenvalue weighted by Gasteiger charge is -2.15. The van der Waals surface area contributed by atoms with Crippen molar-refractivity contribution >= 4 is 11.6 Å². The number of rotatable bonds is 10. The van der Waals surface area contributed by atoms with Crippen molar-refractivity contribution in [3.05, 3.63) is 108 Å². The molecule has 0 saturated heterocycles. The molecule has 4 aromatic carbocycles. The lowest BCUT2D eigenvalue weighted by molar-refractivity contribution is 0.102. The van der Waals surface area contributed by atoms with Crippen LogP contribution in [0, 0.1) is 0 Å². The number of anilines is 1. The van der Waals surface area contributed by atoms with Gasteiger partial charge in [0.1, 0.15) is 23.9 Å². The zero-order chi connectivity index (χ0) is 24.5. The van der Waals surface area contributed by atoms with Crippen molar-refractivity contribution < 1.29 is 23.7 Å². The summed E-state index contributed by atoms with van der Waals surface area (Å²) in [6, 6.07) is 29.5. The molecule has 4 rings (SSSR count). The van der Waals surface area contributed by atoms with Crippen molar-refractivity contribution in [3.63, 3.8) is 0 Å². The Kier molecular flexibility index (Phi) is 7.86. The number of para-hydroxylation sites is 3. The van der Waals surface area contributed by atoms with E-state index in [4.69, 9.17) is 18.9 Å². The Labute approximate surface area is 205 Å². The Morgan fingerprint density at radius 3 is 2.14 bits per heavy atom. The van der Waals surface area contributed by atoms with Gasteiger partial charge < -0.3 is 24.3 Å². The predicted octanol–water partition coefficient (Wildman–Crippen LogP) is 6.72. The summed E-state index contributed by atoms with van der Waals surface area (Å²) >= 11 is 0. The van der Waals surface area contributed by atoms with Crippen LogP contribution in [0.3, 0.4) is 0 Å². The predicted molar refractivity (Wildman–Crippen MR) is 136 cm³/mol. The zero-order valence-electron chi connectivity index (χ0n) is 19.7. The van der Waals surface area contributed by atoms with Crippen molar-refractivity contribution in [1.82, 2.24) is 0 Å². The highest BCUT2D eigenvalue weighted by Crippen LogP contribution is 2.29. The average Bonchev–Trinajstić information content (AvgIpc) is 2.90. The van der Waals surface area contributed by atoms with Crippen LogP contribution < -0.4 is 24.3 Å². The van der Waals surface area contributed by atoms with E-state index >= 15 is 0 Å². The number of nitrogens with one attached hydrogen (secondary N) is 1. The molecule has 1 N–H and O–H groups in total. The Bertz CT molecular complexity index is 1260. The minimum absolute atomic E-state index is 0.225. The Hall–Kier alpha value is -4.45. The molecular formula is C29H27NO5. The third-order valence-corrected chi connectivity index (χ3v) is 5.17. The van der Waals surface area contributed by atoms with E-state index in [-0.39, 0.29) is 12.5 Å². The molecule has 1 amide bonds. The first-order valence-electron chi connectivity index (χ1n) is 11.3. The number of methoxy groups -OCH3 is 1. The van der Waals surface area contributed by atoms with Crippen molar-refractivity contribution in [2.75, 3.05) is 19.0 Å². The molecule has 0 aliphatic rings. The molecule has 6 heteroatoms. The normalized spacial score (nSPS) is 10.3. The molecule has 0 unspecified atom stereocenters. The van der Waals surface area contributed by atoms with E-state index in [1.54, 1.807) is 37.4 Å². The first-order valence-corrected chi connectivity index (χ1v) is 11.3. The van der Waals surface area contributed by atoms with Crippen molar-refractivity contribution in [1.29, 1.82) is 0 Å². The van der Waals surface area contributed by atoms with Crippen LogP contribution in [0.2, 0.25) is 0 Å². The van der Waals surface area contributed by atoms with Gasteiger partial charge in [0.2, 0.25) is 0 Å². The van der Waals surface area contributed by atoms with Crippen LogP contribution >= 0.6 is 0 Å². The second kappa shape index (κ2) is 11.6. The van der Waals surface area contributed by atoms with Crippen molar-refractivity contribution in [3.8, 4) is 28.7 Å². The van der Waals surface area contributed by atoms with Gasteiger partial charge in [-0.3, -0.25) is 4.79 Å². The molecular weight excluding hydrogens is 442 g/mol. The minimum atomic E-state index is -0.233. The third kappa shape index (κ3) is 6.32. The summed E-state index contributed by atoms with van der Waals surface area (Å²) in [6.07, 6.45) is 0. The number of carbonyl (C=O) groups excluding carboxylic acids is 1. The monoisotopic (exact) mass is 469 g/mol. The molecule has 0 radical (unpaired) electrons. The molecule has 0 bridgehead atoms. The number of ether oxygens (including phenoxy) is 4. The van der Waals surface area contributed by atoms with Crippen LogP contribution in [-0.2, 0) is 6.61 Å². The van der Waals surface area contributed by atoms with E-state index in [0.717, 1.165) is 11.3 Å². The van der Waals surface area contributed by atoms with Gasteiger partial charge in [0.05, 0.1) is 13.7 Å². The van der Waals surface area contributed by atoms with Gasteiger partial charge in [-0.1, -0.05) is 30.3 Å². The highest BCUT2D eigenvalue weighted by molar-refractivity contribution is 6.04. The van der Waals surface area contributed by atoms with E-state index in [9.17, 15) is 4.79 Å². The summed E-state index contributed by atoms with van der Waals surface area (Å²) in [5.74, 6) is 3.13. The van der Waals surface area contributed by atoms with Gasteiger partial charge in [-0.05, 0) is 73.7 Å². The van der Waals surface area contributed by atoms with Crippen LogP contribution in [0.25, 0.3) is 0 Å². The third-order valence-electron chi connectivity index (χ3n) is 5.17. The molecule has 178 valence electrons. The van der Waals surface area contributed by atoms with Crippen LogP contribution in [-0.4, -0.2) is 19.6 Å². The van der Waals surface area contributed by atoms with Gasteiger partial charge in [0.25, 0.3) is 5.91 Å². The smallest absolute Gasteiger partial charge is 0.255 e. The van der Waals surface area contributed by atoms with Crippen LogP contribution in [0.4, 0.5) is 5.69 Å². The summed E-state index contributed by atoms with van der Waals surface area (Å²) in [4.78, 5) is 12.9. The Morgan fingerprint density at radius 1 is 0.743 bits per heavy atom. The van der Waals surface area contributed by atoms with Crippen LogP contribution in [0.5, 0.6) is 28.7 Å². The summed E-state index contributed by atoms with van der Waals surface area (Å²) in [6.45, 7) is 2.64. The summed E-state index contributed by atoms with van der Waals surface area (Å²) in [7, 11) is 1.60. The van der Waals surface area contributed by atoms with Gasteiger partial charge in [-0.25, -0.2) is 0 Å². The maximum atomic E-state index is 12.9. The van der Waals surface area contributed by atoms with Gasteiger partial charge >= 0.3 is 0 Å². The standard InChI is InChI=1S/C29H27NO5/c1-3-33-26-18-13-21(19-22(26)20-34-28-12-8-7-11-27(28)32-2)29(31)30-23-14-16-25(17-15-23)35-24-9-5-4-6-10-24/h4-19H,3,20H2,1-2H3,(H,30,31). The zero-order valence-corrected chi connectivity index (χ0v) is 19.7. The number of benzene rings is 4. The number of hydrogen-bond acceptors (Lipinski definition) is 5. The van der Waals surface area contributed by atoms with Gasteiger partial charge in [-0.2, -0.15) is 0 Å². The fraction of sp³-hybridized carbons (Fsp3) is 0.138. The summed E-state index contributed by atoms with van der Waals surface area (Å²) in [5, 5.41) is 2.92. The molecule has 0 heterocycles. The van der Waals surface area contributed by atoms with Gasteiger partial charge in [0, 0.05) is 16.8 Å². The second-order valence-electron chi connectivity index (χ2n) is 7.59. The highest BCUT2D eigenvalue weighted by atomic mass is 16.5. The number of carbonyl (C=O) groups is 1. The molecule has 35 heavy (non-hydrogen) atoms. The second-order valence-corrected chi connectivity index (χ2v) is 7.59. The molecule has 0 atom stereocenters. The fourth-order valence-corrected chi connectivity index (χ4v) is 3.46. The van der Waals surface area contributed by atoms with Crippen molar-refractivity contribution in [2.24, 2.45) is 0 Å². The molecule has 4 aromatic rings. The van der Waals surface area contributed by atoms with E-state index < -0.39 is 0 Å². The minimum Gasteiger partial charge on any atom is -0.493 e. The molecule has 0 aliphatic carbocycles. The van der Waals surface area contributed by atoms with E-state index in [1.807, 2.05) is 73.7 Å². The van der Waals surface area contributed by atoms with E-state index in [1.165, 1.54) is 0 Å². The van der Waals surface area contributed by atoms with Crippen LogP contribution in [0.1, 0.15) is 22.8 Å². The van der Waals surface area contributed by atoms with E-state index in [2.05, 4.69) is 5.32 Å². The highest BCUT2D eigenvalue weighted by Gasteiger charge is 2.13. The number of amides is 1. The summed E-state index contributed by atoms with van der Waals surface area (Å²) < 4.78 is 22.9. The molecule has 0 saturated carbocycles. The van der Waals surface area contributed by atoms with Crippen LogP contribution in [0.15, 0.2) is 97.1 Å². The lowest BCUT2D eigenvalue weighted by Crippen LogP contribution is -2.13. The average molecular weight is 470 g/mol. The summed E-state index contributed by atoms with van der Waals surface area (Å²) in [5.41, 5.74) is 1.92. The molecule has 0 spiro atoms. The Morgan fingerprint density at radius 2 is 1.43 bits per heavy atom. The topological polar surface area (TPSA) is 66.0 Å². The lowest BCUT2D eigenvalue weighted by atomic mass is 10.1. The fourth-order valence-electron chi connectivity index (χ4n) is 3.46. The Balaban J connectivity index is 1.45.